The molecule has 5 nitrogen and oxygen atoms in total. The van der Waals surface area contributed by atoms with Crippen LogP contribution in [-0.4, -0.2) is 68.2 Å². The van der Waals surface area contributed by atoms with Crippen LogP contribution in [-0.2, 0) is 0 Å². The van der Waals surface area contributed by atoms with Crippen LogP contribution in [0.15, 0.2) is 0 Å². The van der Waals surface area contributed by atoms with E-state index in [9.17, 15) is 0 Å². The monoisotopic (exact) mass is 288 g/mol. The van der Waals surface area contributed by atoms with Gasteiger partial charge in [-0.25, -0.2) is 0 Å². The molecule has 0 aliphatic heterocycles. The number of hydrogen-bond donors (Lipinski definition) is 1. The Labute approximate surface area is 130 Å². The molecule has 0 saturated carbocycles. The fourth-order valence-electron chi connectivity index (χ4n) is 0. The quantitative estimate of drug-likeness (QED) is 0.445. The van der Waals surface area contributed by atoms with E-state index in [4.69, 9.17) is 19.2 Å². The number of hydrogen-bond acceptors (Lipinski definition) is 4. The summed E-state index contributed by atoms with van der Waals surface area (Å²) in [5.41, 5.74) is 0. The first-order valence-electron chi connectivity index (χ1n) is 0.836. The predicted octanol–water partition coefficient (Wildman–Crippen LogP) is -8.71. The average molecular weight is 288 g/mol. The molecule has 40 valence electrons. The molecule has 0 atom stereocenters. The van der Waals surface area contributed by atoms with Gasteiger partial charge in [-0.2, -0.15) is 0 Å². The van der Waals surface area contributed by atoms with Gasteiger partial charge in [-0.3, -0.25) is 0 Å². The molecule has 0 unspecified atom stereocenters. The molecule has 0 amide bonds. The minimum atomic E-state index is -5.36. The molecule has 0 spiro atoms. The van der Waals surface area contributed by atoms with Crippen LogP contribution >= 0.6 is 0 Å². The Bertz CT molecular complexity index is 27.9. The minimum Gasteiger partial charge on any atom is -0.861 e. The van der Waals surface area contributed by atoms with E-state index in [1.807, 2.05) is 0 Å². The van der Waals surface area contributed by atoms with E-state index in [2.05, 4.69) is 0 Å². The summed E-state index contributed by atoms with van der Waals surface area (Å²) in [6.45, 7) is 0. The smallest absolute Gasteiger partial charge is 0.861 e. The van der Waals surface area contributed by atoms with Crippen LogP contribution in [0.4, 0.5) is 0 Å². The summed E-state index contributed by atoms with van der Waals surface area (Å²) in [5.74, 6) is 0. The van der Waals surface area contributed by atoms with Crippen molar-refractivity contribution in [3.8, 4) is 0 Å². The van der Waals surface area contributed by atoms with Crippen molar-refractivity contribution < 1.29 is 76.0 Å². The molecule has 0 aliphatic rings. The Morgan fingerprint density at radius 1 is 1.12 bits per heavy atom. The van der Waals surface area contributed by atoms with Crippen LogP contribution in [0.5, 0.6) is 0 Å². The third-order valence-electron chi connectivity index (χ3n) is 0. The topological polar surface area (TPSA) is 121 Å². The molecular formula is H3BaKO5Si. The summed E-state index contributed by atoms with van der Waals surface area (Å²) in [7, 11) is -5.36. The van der Waals surface area contributed by atoms with Gasteiger partial charge in [0.15, 0.2) is 0 Å². The van der Waals surface area contributed by atoms with Gasteiger partial charge in [0.05, 0.1) is 0 Å². The molecule has 0 bridgehead atoms. The molecule has 3 N–H and O–H groups in total. The number of rotatable bonds is 0. The fraction of sp³-hybridized carbons (Fsp3) is 0. The molecule has 8 heteroatoms. The molecule has 0 heterocycles. The largest absolute Gasteiger partial charge is 2.00 e. The van der Waals surface area contributed by atoms with Crippen LogP contribution in [0.1, 0.15) is 0 Å². The first-order valence-corrected chi connectivity index (χ1v) is 2.51. The molecule has 0 fully saturated rings. The van der Waals surface area contributed by atoms with Crippen molar-refractivity contribution in [2.75, 3.05) is 0 Å². The molecule has 0 saturated heterocycles. The van der Waals surface area contributed by atoms with Gasteiger partial charge in [0, 0.05) is 0 Å². The SMILES string of the molecule is O.[Ba+2].[K+].[O-][Si]([O-])([O-])O. The molecule has 8 heavy (non-hydrogen) atoms. The van der Waals surface area contributed by atoms with Crippen molar-refractivity contribution in [1.29, 1.82) is 0 Å². The van der Waals surface area contributed by atoms with Crippen LogP contribution in [0.3, 0.4) is 0 Å². The summed E-state index contributed by atoms with van der Waals surface area (Å²) in [5, 5.41) is 0. The van der Waals surface area contributed by atoms with Gasteiger partial charge in [0.25, 0.3) is 0 Å². The van der Waals surface area contributed by atoms with E-state index in [-0.39, 0.29) is 106 Å². The van der Waals surface area contributed by atoms with Gasteiger partial charge in [0.1, 0.15) is 0 Å². The molecular weight excluding hydrogens is 285 g/mol. The van der Waals surface area contributed by atoms with E-state index >= 15 is 0 Å². The van der Waals surface area contributed by atoms with Gasteiger partial charge < -0.3 is 24.7 Å². The summed E-state index contributed by atoms with van der Waals surface area (Å²) in [4.78, 5) is 33.1. The van der Waals surface area contributed by atoms with E-state index < -0.39 is 9.05 Å². The third kappa shape index (κ3) is 60.0. The van der Waals surface area contributed by atoms with E-state index in [0.717, 1.165) is 0 Å². The van der Waals surface area contributed by atoms with Crippen molar-refractivity contribution in [2.45, 2.75) is 0 Å². The van der Waals surface area contributed by atoms with Crippen LogP contribution < -0.4 is 65.8 Å². The normalized spacial score (nSPS) is 7.50. The standard InChI is InChI=1S/Ba.K.HO4Si.H2O/c;;1-5(2,3)4;/h;;1H;1H2/q+2;+1;-3;. The van der Waals surface area contributed by atoms with E-state index in [1.165, 1.54) is 0 Å². The van der Waals surface area contributed by atoms with Gasteiger partial charge in [-0.1, -0.05) is 0 Å². The maximum Gasteiger partial charge on any atom is 2.00 e. The Morgan fingerprint density at radius 3 is 1.12 bits per heavy atom. The maximum absolute atomic E-state index is 8.69. The van der Waals surface area contributed by atoms with Crippen LogP contribution in [0.25, 0.3) is 0 Å². The first-order chi connectivity index (χ1) is 2.00. The third-order valence-corrected chi connectivity index (χ3v) is 0. The summed E-state index contributed by atoms with van der Waals surface area (Å²) in [6.07, 6.45) is 0. The maximum atomic E-state index is 8.69. The van der Waals surface area contributed by atoms with Crippen molar-refractivity contribution in [2.24, 2.45) is 0 Å². The summed E-state index contributed by atoms with van der Waals surface area (Å²) >= 11 is 0. The van der Waals surface area contributed by atoms with Crippen LogP contribution in [0, 0.1) is 0 Å². The molecule has 0 radical (unpaired) electrons. The predicted molar refractivity (Wildman–Crippen MR) is 17.3 cm³/mol. The Balaban J connectivity index is -0.0000000267. The van der Waals surface area contributed by atoms with Gasteiger partial charge in [-0.15, -0.1) is 9.05 Å². The van der Waals surface area contributed by atoms with Crippen molar-refractivity contribution in [3.63, 3.8) is 0 Å². The van der Waals surface area contributed by atoms with Crippen molar-refractivity contribution >= 4 is 57.9 Å². The van der Waals surface area contributed by atoms with Crippen LogP contribution in [0.2, 0.25) is 0 Å². The fourth-order valence-corrected chi connectivity index (χ4v) is 0. The molecule has 0 aromatic heterocycles. The summed E-state index contributed by atoms with van der Waals surface area (Å²) < 4.78 is 0. The van der Waals surface area contributed by atoms with Gasteiger partial charge in [-0.05, 0) is 0 Å². The average Bonchev–Trinajstić information content (AvgIpc) is 0.722. The summed E-state index contributed by atoms with van der Waals surface area (Å²) in [6, 6.07) is 0. The molecule has 0 aromatic carbocycles. The molecule has 0 rings (SSSR count). The van der Waals surface area contributed by atoms with Crippen molar-refractivity contribution in [1.82, 2.24) is 0 Å². The second-order valence-corrected chi connectivity index (χ2v) is 1.57. The van der Waals surface area contributed by atoms with Crippen molar-refractivity contribution in [3.05, 3.63) is 0 Å². The minimum absolute atomic E-state index is 0. The van der Waals surface area contributed by atoms with E-state index in [0.29, 0.717) is 0 Å². The van der Waals surface area contributed by atoms with Gasteiger partial charge in [0.2, 0.25) is 0 Å². The Kier molecular flexibility index (Phi) is 28.7. The zero-order valence-corrected chi connectivity index (χ0v) is 12.9. The van der Waals surface area contributed by atoms with Gasteiger partial charge >= 0.3 is 100 Å². The Hall–Kier alpha value is 3.22. The Morgan fingerprint density at radius 2 is 1.12 bits per heavy atom. The zero-order chi connectivity index (χ0) is 4.50. The van der Waals surface area contributed by atoms with E-state index in [1.54, 1.807) is 0 Å². The second kappa shape index (κ2) is 10.2. The molecule has 0 aliphatic carbocycles. The zero-order valence-electron chi connectivity index (χ0n) is 4.38. The second-order valence-electron chi connectivity index (χ2n) is 0.524. The first kappa shape index (κ1) is 22.5. The molecule has 0 aromatic rings.